The number of hydrogen-bond acceptors (Lipinski definition) is 3. The zero-order valence-corrected chi connectivity index (χ0v) is 11.9. The third-order valence-electron chi connectivity index (χ3n) is 2.79. The van der Waals surface area contributed by atoms with Crippen molar-refractivity contribution in [1.29, 1.82) is 0 Å². The minimum Gasteiger partial charge on any atom is -0.478 e. The van der Waals surface area contributed by atoms with Crippen molar-refractivity contribution in [2.45, 2.75) is 26.8 Å². The first-order chi connectivity index (χ1) is 9.20. The van der Waals surface area contributed by atoms with Crippen LogP contribution in [0.5, 0.6) is 0 Å². The number of hydrogen-bond donors (Lipinski definition) is 3. The normalized spacial score (nSPS) is 13.2. The van der Waals surface area contributed by atoms with Crippen LogP contribution in [0.1, 0.15) is 26.3 Å². The average Bonchev–Trinajstić information content (AvgIpc) is 2.34. The van der Waals surface area contributed by atoms with Crippen LogP contribution in [0.15, 0.2) is 30.3 Å². The summed E-state index contributed by atoms with van der Waals surface area (Å²) in [5.41, 5.74) is 6.82. The molecule has 0 aliphatic rings. The first kappa shape index (κ1) is 15.9. The van der Waals surface area contributed by atoms with Crippen molar-refractivity contribution in [2.75, 3.05) is 5.32 Å². The van der Waals surface area contributed by atoms with Gasteiger partial charge in [0.1, 0.15) is 0 Å². The number of carbonyl (C=O) groups excluding carboxylic acids is 1. The van der Waals surface area contributed by atoms with Crippen LogP contribution in [0.3, 0.4) is 0 Å². The maximum Gasteiger partial charge on any atom is 0.328 e. The lowest BCUT2D eigenvalue weighted by Gasteiger charge is -2.25. The molecule has 108 valence electrons. The van der Waals surface area contributed by atoms with E-state index in [2.05, 4.69) is 5.32 Å². The summed E-state index contributed by atoms with van der Waals surface area (Å²) in [5.74, 6) is -1.29. The molecule has 0 radical (unpaired) electrons. The van der Waals surface area contributed by atoms with Crippen LogP contribution in [-0.4, -0.2) is 23.0 Å². The lowest BCUT2D eigenvalue weighted by atomic mass is 9.87. The fourth-order valence-electron chi connectivity index (χ4n) is 1.50. The van der Waals surface area contributed by atoms with Crippen molar-refractivity contribution in [2.24, 2.45) is 11.1 Å². The first-order valence-electron chi connectivity index (χ1n) is 6.27. The Kier molecular flexibility index (Phi) is 5.05. The number of carboxylic acids is 1. The van der Waals surface area contributed by atoms with Crippen LogP contribution in [-0.2, 0) is 9.59 Å². The molecule has 0 unspecified atom stereocenters. The third-order valence-corrected chi connectivity index (χ3v) is 2.79. The standard InChI is InChI=1S/C15H20N2O3/c1-15(2,3)13(16)14(20)17-11-6-4-5-10(9-11)7-8-12(18)19/h4-9,13H,16H2,1-3H3,(H,17,20)(H,18,19)/b8-7+/t13-/m1/s1. The average molecular weight is 276 g/mol. The van der Waals surface area contributed by atoms with Crippen LogP contribution in [0, 0.1) is 5.41 Å². The number of carbonyl (C=O) groups is 2. The summed E-state index contributed by atoms with van der Waals surface area (Å²) in [6.45, 7) is 5.68. The van der Waals surface area contributed by atoms with Crippen LogP contribution in [0.4, 0.5) is 5.69 Å². The van der Waals surface area contributed by atoms with Gasteiger partial charge in [-0.1, -0.05) is 32.9 Å². The summed E-state index contributed by atoms with van der Waals surface area (Å²) >= 11 is 0. The molecule has 0 saturated heterocycles. The first-order valence-corrected chi connectivity index (χ1v) is 6.27. The zero-order valence-electron chi connectivity index (χ0n) is 11.9. The molecule has 0 aromatic heterocycles. The minimum atomic E-state index is -1.02. The van der Waals surface area contributed by atoms with Crippen molar-refractivity contribution in [3.8, 4) is 0 Å². The molecule has 0 heterocycles. The number of nitrogens with two attached hydrogens (primary N) is 1. The second kappa shape index (κ2) is 6.34. The lowest BCUT2D eigenvalue weighted by Crippen LogP contribution is -2.45. The highest BCUT2D eigenvalue weighted by Gasteiger charge is 2.27. The summed E-state index contributed by atoms with van der Waals surface area (Å²) in [6.07, 6.45) is 2.50. The van der Waals surface area contributed by atoms with Gasteiger partial charge in [-0.05, 0) is 29.2 Å². The Labute approximate surface area is 118 Å². The third kappa shape index (κ3) is 4.85. The van der Waals surface area contributed by atoms with Gasteiger partial charge >= 0.3 is 5.97 Å². The molecule has 1 aromatic rings. The van der Waals surface area contributed by atoms with Crippen LogP contribution >= 0.6 is 0 Å². The summed E-state index contributed by atoms with van der Waals surface area (Å²) in [6, 6.07) is 6.28. The smallest absolute Gasteiger partial charge is 0.328 e. The van der Waals surface area contributed by atoms with Crippen LogP contribution < -0.4 is 11.1 Å². The monoisotopic (exact) mass is 276 g/mol. The molecular formula is C15H20N2O3. The van der Waals surface area contributed by atoms with E-state index in [-0.39, 0.29) is 11.3 Å². The zero-order chi connectivity index (χ0) is 15.3. The molecule has 5 heteroatoms. The van der Waals surface area contributed by atoms with E-state index >= 15 is 0 Å². The van der Waals surface area contributed by atoms with E-state index in [9.17, 15) is 9.59 Å². The van der Waals surface area contributed by atoms with Gasteiger partial charge in [0.15, 0.2) is 0 Å². The molecule has 4 N–H and O–H groups in total. The molecule has 1 atom stereocenters. The maximum absolute atomic E-state index is 12.0. The Hall–Kier alpha value is -2.14. The SMILES string of the molecule is CC(C)(C)[C@H](N)C(=O)Nc1cccc(/C=C/C(=O)O)c1. The van der Waals surface area contributed by atoms with Crippen molar-refractivity contribution in [3.63, 3.8) is 0 Å². The van der Waals surface area contributed by atoms with E-state index in [1.807, 2.05) is 20.8 Å². The molecule has 0 aliphatic heterocycles. The Balaban J connectivity index is 2.81. The molecule has 1 aromatic carbocycles. The van der Waals surface area contributed by atoms with E-state index in [1.54, 1.807) is 24.3 Å². The highest BCUT2D eigenvalue weighted by molar-refractivity contribution is 5.95. The topological polar surface area (TPSA) is 92.4 Å². The number of aliphatic carboxylic acids is 1. The predicted molar refractivity (Wildman–Crippen MR) is 79.2 cm³/mol. The second-order valence-electron chi connectivity index (χ2n) is 5.63. The number of benzene rings is 1. The quantitative estimate of drug-likeness (QED) is 0.734. The fraction of sp³-hybridized carbons (Fsp3) is 0.333. The van der Waals surface area contributed by atoms with Crippen molar-refractivity contribution in [3.05, 3.63) is 35.9 Å². The minimum absolute atomic E-state index is 0.267. The molecule has 20 heavy (non-hydrogen) atoms. The lowest BCUT2D eigenvalue weighted by molar-refractivity contribution is -0.131. The second-order valence-corrected chi connectivity index (χ2v) is 5.63. The largest absolute Gasteiger partial charge is 0.478 e. The molecule has 0 spiro atoms. The number of anilines is 1. The van der Waals surface area contributed by atoms with Crippen molar-refractivity contribution >= 4 is 23.6 Å². The maximum atomic E-state index is 12.0. The van der Waals surface area contributed by atoms with Gasteiger partial charge in [0, 0.05) is 11.8 Å². The summed E-state index contributed by atoms with van der Waals surface area (Å²) < 4.78 is 0. The molecule has 0 saturated carbocycles. The van der Waals surface area contributed by atoms with E-state index < -0.39 is 12.0 Å². The predicted octanol–water partition coefficient (Wildman–Crippen LogP) is 2.10. The van der Waals surface area contributed by atoms with E-state index in [0.29, 0.717) is 11.3 Å². The highest BCUT2D eigenvalue weighted by atomic mass is 16.4. The number of amides is 1. The Morgan fingerprint density at radius 1 is 1.35 bits per heavy atom. The Morgan fingerprint density at radius 2 is 2.00 bits per heavy atom. The van der Waals surface area contributed by atoms with Gasteiger partial charge in [0.2, 0.25) is 5.91 Å². The highest BCUT2D eigenvalue weighted by Crippen LogP contribution is 2.19. The van der Waals surface area contributed by atoms with Crippen LogP contribution in [0.25, 0.3) is 6.08 Å². The number of nitrogens with one attached hydrogen (secondary N) is 1. The molecule has 0 bridgehead atoms. The van der Waals surface area contributed by atoms with Gasteiger partial charge < -0.3 is 16.2 Å². The van der Waals surface area contributed by atoms with Crippen molar-refractivity contribution < 1.29 is 14.7 Å². The van der Waals surface area contributed by atoms with Gasteiger partial charge in [-0.2, -0.15) is 0 Å². The van der Waals surface area contributed by atoms with Crippen LogP contribution in [0.2, 0.25) is 0 Å². The fourth-order valence-corrected chi connectivity index (χ4v) is 1.50. The van der Waals surface area contributed by atoms with E-state index in [0.717, 1.165) is 6.08 Å². The summed E-state index contributed by atoms with van der Waals surface area (Å²) in [7, 11) is 0. The van der Waals surface area contributed by atoms with E-state index in [4.69, 9.17) is 10.8 Å². The van der Waals surface area contributed by atoms with Gasteiger partial charge in [-0.15, -0.1) is 0 Å². The molecule has 0 aliphatic carbocycles. The van der Waals surface area contributed by atoms with Gasteiger partial charge in [-0.3, -0.25) is 4.79 Å². The van der Waals surface area contributed by atoms with Crippen molar-refractivity contribution in [1.82, 2.24) is 0 Å². The molecule has 5 nitrogen and oxygen atoms in total. The Morgan fingerprint density at radius 3 is 2.55 bits per heavy atom. The molecular weight excluding hydrogens is 256 g/mol. The number of carboxylic acid groups (broad SMARTS) is 1. The van der Waals surface area contributed by atoms with Gasteiger partial charge in [0.25, 0.3) is 0 Å². The van der Waals surface area contributed by atoms with Gasteiger partial charge in [0.05, 0.1) is 6.04 Å². The number of rotatable bonds is 4. The molecule has 1 rings (SSSR count). The van der Waals surface area contributed by atoms with E-state index in [1.165, 1.54) is 6.08 Å². The van der Waals surface area contributed by atoms with Gasteiger partial charge in [-0.25, -0.2) is 4.79 Å². The Bertz CT molecular complexity index is 530. The summed E-state index contributed by atoms with van der Waals surface area (Å²) in [5, 5.41) is 11.3. The summed E-state index contributed by atoms with van der Waals surface area (Å²) in [4.78, 5) is 22.5. The molecule has 1 amide bonds. The molecule has 0 fully saturated rings.